The SMILES string of the molecule is CC.CC.COC(N1C=C(C(N)=O)CC(=O)c2c1nc(SC)[nH]c2=O)[C@](C)(O)C(O)CCO.C[C@@]1(O)C(O)C(CO)OC1n1c(=O)cc(C(N)=O)c2c(N)nc(N)nc21. The fourth-order valence-electron chi connectivity index (χ4n) is 6.13. The predicted molar refractivity (Wildman–Crippen MR) is 216 cm³/mol. The first-order valence-corrected chi connectivity index (χ1v) is 19.4. The zero-order valence-electron chi connectivity index (χ0n) is 33.9. The quantitative estimate of drug-likeness (QED) is 0.0722. The van der Waals surface area contributed by atoms with Crippen molar-refractivity contribution in [3.63, 3.8) is 0 Å². The summed E-state index contributed by atoms with van der Waals surface area (Å²) in [5.74, 6) is -3.16. The van der Waals surface area contributed by atoms with Gasteiger partial charge in [-0.1, -0.05) is 39.5 Å². The summed E-state index contributed by atoms with van der Waals surface area (Å²) < 4.78 is 11.7. The Kier molecular flexibility index (Phi) is 17.6. The van der Waals surface area contributed by atoms with Gasteiger partial charge in [-0.05, 0) is 26.5 Å². The van der Waals surface area contributed by atoms with Crippen LogP contribution in [0.2, 0.25) is 0 Å². The van der Waals surface area contributed by atoms with Crippen LogP contribution < -0.4 is 39.0 Å². The molecule has 0 aromatic carbocycles. The van der Waals surface area contributed by atoms with E-state index in [2.05, 4.69) is 19.9 Å². The van der Waals surface area contributed by atoms with Crippen molar-refractivity contribution in [2.24, 2.45) is 11.5 Å². The van der Waals surface area contributed by atoms with Crippen LogP contribution in [-0.4, -0.2) is 135 Å². The molecule has 3 aromatic rings. The molecule has 0 spiro atoms. The fourth-order valence-corrected chi connectivity index (χ4v) is 6.50. The number of aliphatic hydroxyl groups is 6. The van der Waals surface area contributed by atoms with Gasteiger partial charge in [-0.15, -0.1) is 0 Å². The molecule has 0 bridgehead atoms. The Hall–Kier alpha value is -5.05. The second kappa shape index (κ2) is 20.8. The smallest absolute Gasteiger partial charge is 0.264 e. The number of primary amides is 2. The average Bonchev–Trinajstić information content (AvgIpc) is 3.30. The summed E-state index contributed by atoms with van der Waals surface area (Å²) >= 11 is 1.11. The van der Waals surface area contributed by atoms with Gasteiger partial charge in [0.1, 0.15) is 34.8 Å². The first-order valence-electron chi connectivity index (χ1n) is 18.2. The molecule has 59 heavy (non-hydrogen) atoms. The van der Waals surface area contributed by atoms with Crippen molar-refractivity contribution in [3.8, 4) is 0 Å². The molecule has 328 valence electrons. The number of amides is 2. The third-order valence-electron chi connectivity index (χ3n) is 8.98. The van der Waals surface area contributed by atoms with Gasteiger partial charge in [-0.2, -0.15) is 9.97 Å². The molecule has 5 rings (SSSR count). The average molecular weight is 855 g/mol. The van der Waals surface area contributed by atoms with Crippen LogP contribution in [0.25, 0.3) is 11.0 Å². The standard InChI is InChI=1S/C17H24N4O7S.C14H18N6O6.2C2H6/c1-17(27,10(24)4-5-22)15(28-2)21-7-8(12(18)25)6-9(23)11-13(21)19-16(29-3)20-14(11)26;1-14(25)8(23)5(3-21)26-12(14)20-6(22)2-4(10(16)24)7-9(15)18-13(17)19-11(7)20;2*1-2/h7,10,15,22,24,27H,4-6H2,1-3H3,(H2,18,25)(H,19,20,26);2,5,8,12,21,23,25H,3H2,1H3,(H2,16,24)(H4,15,17,18,19);2*1-2H3/t10?,15?,17-;5?,8?,12?,14-;;/m11../s1. The largest absolute Gasteiger partial charge is 0.396 e. The molecule has 2 aliphatic rings. The monoisotopic (exact) mass is 854 g/mol. The van der Waals surface area contributed by atoms with Crippen molar-refractivity contribution in [1.29, 1.82) is 0 Å². The van der Waals surface area contributed by atoms with Crippen LogP contribution in [0.3, 0.4) is 0 Å². The van der Waals surface area contributed by atoms with E-state index in [1.54, 1.807) is 6.26 Å². The second-order valence-electron chi connectivity index (χ2n) is 12.8. The van der Waals surface area contributed by atoms with Crippen LogP contribution in [-0.2, 0) is 14.3 Å². The van der Waals surface area contributed by atoms with E-state index in [4.69, 9.17) is 37.5 Å². The lowest BCUT2D eigenvalue weighted by atomic mass is 9.93. The molecule has 7 atom stereocenters. The summed E-state index contributed by atoms with van der Waals surface area (Å²) in [5, 5.41) is 60.6. The van der Waals surface area contributed by atoms with E-state index < -0.39 is 90.3 Å². The predicted octanol–water partition coefficient (Wildman–Crippen LogP) is -2.17. The number of nitrogen functional groups attached to an aromatic ring is 2. The number of pyridine rings is 1. The number of H-pyrrole nitrogens is 1. The highest BCUT2D eigenvalue weighted by Gasteiger charge is 2.54. The maximum atomic E-state index is 12.7. The number of aromatic nitrogens is 5. The van der Waals surface area contributed by atoms with Crippen LogP contribution in [0, 0.1) is 0 Å². The lowest BCUT2D eigenvalue weighted by molar-refractivity contribution is -0.147. The molecule has 15 N–H and O–H groups in total. The van der Waals surface area contributed by atoms with Crippen molar-refractivity contribution in [3.05, 3.63) is 49.7 Å². The number of nitrogens with one attached hydrogen (secondary N) is 1. The normalized spacial score (nSPS) is 21.8. The molecule has 5 unspecified atom stereocenters. The van der Waals surface area contributed by atoms with E-state index in [1.165, 1.54) is 27.2 Å². The molecule has 0 aliphatic carbocycles. The lowest BCUT2D eigenvalue weighted by Gasteiger charge is -2.41. The number of carbonyl (C=O) groups is 3. The Balaban J connectivity index is 0.000000377. The van der Waals surface area contributed by atoms with Gasteiger partial charge in [-0.3, -0.25) is 28.5 Å². The van der Waals surface area contributed by atoms with E-state index >= 15 is 0 Å². The Morgan fingerprint density at radius 2 is 1.73 bits per heavy atom. The molecule has 3 aromatic heterocycles. The van der Waals surface area contributed by atoms with Gasteiger partial charge < -0.3 is 72.9 Å². The second-order valence-corrected chi connectivity index (χ2v) is 13.6. The van der Waals surface area contributed by atoms with Gasteiger partial charge in [0, 0.05) is 38.0 Å². The first-order chi connectivity index (χ1) is 27.7. The number of nitrogens with two attached hydrogens (primary N) is 4. The van der Waals surface area contributed by atoms with Crippen molar-refractivity contribution in [2.45, 2.75) is 102 Å². The number of fused-ring (bicyclic) bond motifs is 2. The Morgan fingerprint density at radius 1 is 1.12 bits per heavy atom. The van der Waals surface area contributed by atoms with Crippen LogP contribution in [0.4, 0.5) is 17.6 Å². The topological polar surface area (TPSA) is 392 Å². The van der Waals surface area contributed by atoms with Gasteiger partial charge in [0.05, 0.1) is 23.7 Å². The molecule has 2 aliphatic heterocycles. The number of hydrogen-bond donors (Lipinski definition) is 11. The number of anilines is 3. The first kappa shape index (κ1) is 50.1. The number of nitrogens with zero attached hydrogens (tertiary/aromatic N) is 5. The molecule has 0 saturated carbocycles. The third kappa shape index (κ3) is 10.2. The highest BCUT2D eigenvalue weighted by atomic mass is 32.2. The van der Waals surface area contributed by atoms with E-state index in [-0.39, 0.29) is 56.9 Å². The van der Waals surface area contributed by atoms with Gasteiger partial charge in [-0.25, -0.2) is 4.98 Å². The number of ketones is 1. The number of thioether (sulfide) groups is 1. The minimum absolute atomic E-state index is 0.0485. The van der Waals surface area contributed by atoms with E-state index in [0.717, 1.165) is 27.3 Å². The molecule has 5 heterocycles. The third-order valence-corrected chi connectivity index (χ3v) is 9.56. The molecule has 24 heteroatoms. The van der Waals surface area contributed by atoms with E-state index in [0.29, 0.717) is 0 Å². The highest BCUT2D eigenvalue weighted by Crippen LogP contribution is 2.39. The number of methoxy groups -OCH3 is 1. The number of carbonyl (C=O) groups excluding carboxylic acids is 3. The summed E-state index contributed by atoms with van der Waals surface area (Å²) in [6, 6.07) is 0.901. The molecular weight excluding hydrogens is 801 g/mol. The maximum absolute atomic E-state index is 12.7. The van der Waals surface area contributed by atoms with Crippen molar-refractivity contribution >= 4 is 58.0 Å². The van der Waals surface area contributed by atoms with Crippen LogP contribution in [0.15, 0.2) is 32.6 Å². The zero-order chi connectivity index (χ0) is 45.3. The summed E-state index contributed by atoms with van der Waals surface area (Å²) in [7, 11) is 1.23. The fraction of sp³-hybridized carbons (Fsp3) is 0.543. The van der Waals surface area contributed by atoms with Crippen LogP contribution in [0.1, 0.15) is 81.3 Å². The number of ether oxygens (including phenoxy) is 2. The summed E-state index contributed by atoms with van der Waals surface area (Å²) in [4.78, 5) is 76.9. The molecule has 23 nitrogen and oxygen atoms in total. The molecular formula is C35H54N10O13S. The number of hydrogen-bond acceptors (Lipinski definition) is 20. The van der Waals surface area contributed by atoms with Crippen molar-refractivity contribution in [2.75, 3.05) is 42.9 Å². The van der Waals surface area contributed by atoms with Crippen molar-refractivity contribution < 1.29 is 54.5 Å². The number of aliphatic hydroxyl groups excluding tert-OH is 4. The van der Waals surface area contributed by atoms with Crippen molar-refractivity contribution in [1.82, 2.24) is 24.5 Å². The Bertz CT molecular complexity index is 2140. The van der Waals surface area contributed by atoms with Crippen LogP contribution >= 0.6 is 11.8 Å². The van der Waals surface area contributed by atoms with Gasteiger partial charge in [0.2, 0.25) is 17.8 Å². The Morgan fingerprint density at radius 3 is 2.22 bits per heavy atom. The molecule has 1 fully saturated rings. The Labute approximate surface area is 342 Å². The number of rotatable bonds is 11. The number of aromatic amines is 1. The maximum Gasteiger partial charge on any atom is 0.264 e. The van der Waals surface area contributed by atoms with Gasteiger partial charge in [0.15, 0.2) is 34.9 Å². The van der Waals surface area contributed by atoms with Gasteiger partial charge in [0.25, 0.3) is 11.1 Å². The summed E-state index contributed by atoms with van der Waals surface area (Å²) in [6.07, 6.45) is -4.68. The van der Waals surface area contributed by atoms with E-state index in [1.807, 2.05) is 27.7 Å². The minimum atomic E-state index is -1.99. The number of Topliss-reactive ketones (excluding diaryl/α,β-unsaturated/α-hetero) is 1. The van der Waals surface area contributed by atoms with Gasteiger partial charge >= 0.3 is 0 Å². The zero-order valence-corrected chi connectivity index (χ0v) is 34.7. The molecule has 1 saturated heterocycles. The highest BCUT2D eigenvalue weighted by molar-refractivity contribution is 7.98. The minimum Gasteiger partial charge on any atom is -0.396 e. The van der Waals surface area contributed by atoms with Crippen LogP contribution in [0.5, 0.6) is 0 Å². The lowest BCUT2D eigenvalue weighted by Crippen LogP contribution is -2.58. The molecule has 0 radical (unpaired) electrons. The molecule has 2 amide bonds. The summed E-state index contributed by atoms with van der Waals surface area (Å²) in [6.45, 7) is 9.49. The summed E-state index contributed by atoms with van der Waals surface area (Å²) in [5.41, 5.74) is 15.7. The van der Waals surface area contributed by atoms with E-state index in [9.17, 15) is 49.5 Å².